The van der Waals surface area contributed by atoms with Crippen molar-refractivity contribution in [1.82, 2.24) is 10.6 Å². The topological polar surface area (TPSA) is 119 Å². The lowest BCUT2D eigenvalue weighted by atomic mass is 10.0. The molecule has 0 fully saturated rings. The summed E-state index contributed by atoms with van der Waals surface area (Å²) in [5.41, 5.74) is 0.491. The summed E-state index contributed by atoms with van der Waals surface area (Å²) in [7, 11) is 1.60. The van der Waals surface area contributed by atoms with E-state index in [9.17, 15) is 19.8 Å². The highest BCUT2D eigenvalue weighted by Gasteiger charge is 2.22. The number of aromatic hydroxyl groups is 2. The maximum Gasteiger partial charge on any atom is 0.326 e. The molecular weight excluding hydrogens is 264 g/mol. The zero-order valence-corrected chi connectivity index (χ0v) is 11.3. The second kappa shape index (κ2) is 6.76. The van der Waals surface area contributed by atoms with E-state index in [4.69, 9.17) is 5.11 Å². The van der Waals surface area contributed by atoms with Gasteiger partial charge in [-0.15, -0.1) is 0 Å². The van der Waals surface area contributed by atoms with Crippen molar-refractivity contribution >= 4 is 11.9 Å². The number of carboxylic acids is 1. The van der Waals surface area contributed by atoms with Crippen molar-refractivity contribution in [2.45, 2.75) is 25.4 Å². The van der Waals surface area contributed by atoms with Crippen LogP contribution in [0.1, 0.15) is 12.5 Å². The quantitative estimate of drug-likeness (QED) is 0.462. The van der Waals surface area contributed by atoms with E-state index >= 15 is 0 Å². The molecule has 0 spiro atoms. The molecule has 0 aliphatic heterocycles. The van der Waals surface area contributed by atoms with Gasteiger partial charge in [0.05, 0.1) is 6.04 Å². The molecule has 20 heavy (non-hydrogen) atoms. The molecule has 2 atom stereocenters. The predicted octanol–water partition coefficient (Wildman–Crippen LogP) is -0.182. The molecule has 0 aliphatic carbocycles. The van der Waals surface area contributed by atoms with Crippen LogP contribution in [0, 0.1) is 0 Å². The molecule has 2 unspecified atom stereocenters. The van der Waals surface area contributed by atoms with Gasteiger partial charge in [-0.25, -0.2) is 4.79 Å². The van der Waals surface area contributed by atoms with Crippen molar-refractivity contribution in [3.8, 4) is 11.5 Å². The molecule has 1 rings (SSSR count). The normalized spacial score (nSPS) is 13.5. The molecule has 0 aromatic heterocycles. The molecule has 5 N–H and O–H groups in total. The number of phenolic OH excluding ortho intramolecular Hbond substituents is 2. The number of benzene rings is 1. The zero-order valence-electron chi connectivity index (χ0n) is 11.3. The fourth-order valence-corrected chi connectivity index (χ4v) is 1.56. The second-order valence-corrected chi connectivity index (χ2v) is 4.44. The molecule has 1 aromatic rings. The van der Waals surface area contributed by atoms with Gasteiger partial charge in [0, 0.05) is 6.42 Å². The second-order valence-electron chi connectivity index (χ2n) is 4.44. The summed E-state index contributed by atoms with van der Waals surface area (Å²) in [5, 5.41) is 32.8. The first-order chi connectivity index (χ1) is 9.35. The minimum absolute atomic E-state index is 0.00531. The Bertz CT molecular complexity index is 504. The molecule has 7 heteroatoms. The van der Waals surface area contributed by atoms with Crippen molar-refractivity contribution in [3.63, 3.8) is 0 Å². The minimum atomic E-state index is -1.17. The van der Waals surface area contributed by atoms with Gasteiger partial charge in [0.2, 0.25) is 5.91 Å². The van der Waals surface area contributed by atoms with Crippen LogP contribution in [0.3, 0.4) is 0 Å². The Morgan fingerprint density at radius 1 is 1.25 bits per heavy atom. The van der Waals surface area contributed by atoms with Gasteiger partial charge in [-0.3, -0.25) is 4.79 Å². The summed E-state index contributed by atoms with van der Waals surface area (Å²) in [6.07, 6.45) is 0.00531. The van der Waals surface area contributed by atoms with Gasteiger partial charge in [0.1, 0.15) is 6.04 Å². The summed E-state index contributed by atoms with van der Waals surface area (Å²) in [6, 6.07) is 2.39. The minimum Gasteiger partial charge on any atom is -0.504 e. The van der Waals surface area contributed by atoms with Gasteiger partial charge in [-0.05, 0) is 31.7 Å². The summed E-state index contributed by atoms with van der Waals surface area (Å²) in [4.78, 5) is 22.8. The molecule has 110 valence electrons. The number of likely N-dealkylation sites (N-methyl/N-ethyl adjacent to an activating group) is 1. The van der Waals surface area contributed by atoms with Crippen LogP contribution < -0.4 is 10.6 Å². The number of carbonyl (C=O) groups excluding carboxylic acids is 1. The average Bonchev–Trinajstić information content (AvgIpc) is 2.40. The van der Waals surface area contributed by atoms with Gasteiger partial charge >= 0.3 is 5.97 Å². The first-order valence-corrected chi connectivity index (χ1v) is 6.06. The van der Waals surface area contributed by atoms with Crippen LogP contribution >= 0.6 is 0 Å². The van der Waals surface area contributed by atoms with E-state index in [2.05, 4.69) is 10.6 Å². The van der Waals surface area contributed by atoms with Crippen LogP contribution in [0.4, 0.5) is 0 Å². The van der Waals surface area contributed by atoms with Gasteiger partial charge in [-0.1, -0.05) is 6.07 Å². The van der Waals surface area contributed by atoms with Gasteiger partial charge in [0.15, 0.2) is 11.5 Å². The number of aliphatic carboxylic acids is 1. The molecule has 1 amide bonds. The third-order valence-corrected chi connectivity index (χ3v) is 2.92. The molecule has 0 heterocycles. The number of hydrogen-bond acceptors (Lipinski definition) is 5. The first-order valence-electron chi connectivity index (χ1n) is 6.06. The Balaban J connectivity index is 2.79. The molecular formula is C13H18N2O5. The number of nitrogens with one attached hydrogen (secondary N) is 2. The monoisotopic (exact) mass is 282 g/mol. The largest absolute Gasteiger partial charge is 0.504 e. The first kappa shape index (κ1) is 15.8. The maximum absolute atomic E-state index is 11.7. The SMILES string of the molecule is CNC(C)C(=O)NC(Cc1ccc(O)c(O)c1)C(=O)O. The smallest absolute Gasteiger partial charge is 0.326 e. The number of amides is 1. The van der Waals surface area contributed by atoms with Crippen molar-refractivity contribution in [1.29, 1.82) is 0 Å². The summed E-state index contributed by atoms with van der Waals surface area (Å²) < 4.78 is 0. The van der Waals surface area contributed by atoms with Crippen molar-refractivity contribution < 1.29 is 24.9 Å². The lowest BCUT2D eigenvalue weighted by molar-refractivity contribution is -0.142. The van der Waals surface area contributed by atoms with Crippen molar-refractivity contribution in [2.24, 2.45) is 0 Å². The highest BCUT2D eigenvalue weighted by atomic mass is 16.4. The van der Waals surface area contributed by atoms with Crippen molar-refractivity contribution in [2.75, 3.05) is 7.05 Å². The van der Waals surface area contributed by atoms with Crippen LogP contribution in [0.25, 0.3) is 0 Å². The van der Waals surface area contributed by atoms with Crippen LogP contribution in [0.2, 0.25) is 0 Å². The number of carboxylic acid groups (broad SMARTS) is 1. The summed E-state index contributed by atoms with van der Waals surface area (Å²) >= 11 is 0. The molecule has 1 aromatic carbocycles. The van der Waals surface area contributed by atoms with E-state index in [-0.39, 0.29) is 17.9 Å². The number of hydrogen-bond donors (Lipinski definition) is 5. The number of rotatable bonds is 6. The van der Waals surface area contributed by atoms with E-state index in [0.29, 0.717) is 5.56 Å². The molecule has 0 radical (unpaired) electrons. The fraction of sp³-hybridized carbons (Fsp3) is 0.385. The lowest BCUT2D eigenvalue weighted by Gasteiger charge is -2.17. The Kier molecular flexibility index (Phi) is 5.33. The van der Waals surface area contributed by atoms with E-state index in [0.717, 1.165) is 0 Å². The Hall–Kier alpha value is -2.28. The Morgan fingerprint density at radius 2 is 1.90 bits per heavy atom. The number of carbonyl (C=O) groups is 2. The van der Waals surface area contributed by atoms with E-state index in [1.54, 1.807) is 14.0 Å². The predicted molar refractivity (Wildman–Crippen MR) is 71.6 cm³/mol. The molecule has 0 bridgehead atoms. The summed E-state index contributed by atoms with van der Waals surface area (Å²) in [6.45, 7) is 1.61. The maximum atomic E-state index is 11.7. The van der Waals surface area contributed by atoms with E-state index in [1.807, 2.05) is 0 Å². The average molecular weight is 282 g/mol. The van der Waals surface area contributed by atoms with Gasteiger partial charge < -0.3 is 26.0 Å². The standard InChI is InChI=1S/C13H18N2O5/c1-7(14-2)12(18)15-9(13(19)20)5-8-3-4-10(16)11(17)6-8/h3-4,6-7,9,14,16-17H,5H2,1-2H3,(H,15,18)(H,19,20). The van der Waals surface area contributed by atoms with Crippen LogP contribution in [-0.4, -0.2) is 46.3 Å². The van der Waals surface area contributed by atoms with Crippen LogP contribution in [0.15, 0.2) is 18.2 Å². The van der Waals surface area contributed by atoms with Crippen molar-refractivity contribution in [3.05, 3.63) is 23.8 Å². The highest BCUT2D eigenvalue weighted by Crippen LogP contribution is 2.25. The molecule has 0 aliphatic rings. The lowest BCUT2D eigenvalue weighted by Crippen LogP contribution is -2.49. The molecule has 7 nitrogen and oxygen atoms in total. The Morgan fingerprint density at radius 3 is 2.40 bits per heavy atom. The number of phenols is 2. The van der Waals surface area contributed by atoms with E-state index < -0.39 is 24.0 Å². The summed E-state index contributed by atoms with van der Waals surface area (Å²) in [5.74, 6) is -2.22. The molecule has 0 saturated heterocycles. The third kappa shape index (κ3) is 4.13. The highest BCUT2D eigenvalue weighted by molar-refractivity contribution is 5.86. The fourth-order valence-electron chi connectivity index (χ4n) is 1.56. The van der Waals surface area contributed by atoms with Gasteiger partial charge in [-0.2, -0.15) is 0 Å². The van der Waals surface area contributed by atoms with Crippen LogP contribution in [-0.2, 0) is 16.0 Å². The third-order valence-electron chi connectivity index (χ3n) is 2.92. The van der Waals surface area contributed by atoms with Crippen LogP contribution in [0.5, 0.6) is 11.5 Å². The van der Waals surface area contributed by atoms with E-state index in [1.165, 1.54) is 18.2 Å². The zero-order chi connectivity index (χ0) is 15.3. The molecule has 0 saturated carbocycles. The van der Waals surface area contributed by atoms with Gasteiger partial charge in [0.25, 0.3) is 0 Å². The Labute approximate surface area is 116 Å².